The molecule has 0 bridgehead atoms. The van der Waals surface area contributed by atoms with Gasteiger partial charge in [-0.25, -0.2) is 0 Å². The number of nitrogens with two attached hydrogens (primary N) is 1. The van der Waals surface area contributed by atoms with E-state index in [2.05, 4.69) is 5.32 Å². The van der Waals surface area contributed by atoms with Crippen LogP contribution in [0.2, 0.25) is 0 Å². The molecule has 1 aromatic heterocycles. The number of hydrogen-bond donors (Lipinski definition) is 2. The van der Waals surface area contributed by atoms with Crippen LogP contribution in [-0.2, 0) is 16.0 Å². The number of primary amides is 1. The maximum Gasteiger partial charge on any atom is 0.288 e. The van der Waals surface area contributed by atoms with Crippen molar-refractivity contribution < 1.29 is 18.8 Å². The lowest BCUT2D eigenvalue weighted by Gasteiger charge is -2.16. The van der Waals surface area contributed by atoms with Crippen LogP contribution in [0, 0.1) is 0 Å². The van der Waals surface area contributed by atoms with Crippen molar-refractivity contribution in [2.24, 2.45) is 5.73 Å². The second-order valence-corrected chi connectivity index (χ2v) is 5.97. The van der Waals surface area contributed by atoms with Gasteiger partial charge >= 0.3 is 0 Å². The Labute approximate surface area is 156 Å². The molecule has 0 aliphatic carbocycles. The smallest absolute Gasteiger partial charge is 0.288 e. The Bertz CT molecular complexity index is 949. The minimum Gasteiger partial charge on any atom is -0.459 e. The van der Waals surface area contributed by atoms with E-state index in [0.717, 1.165) is 11.1 Å². The largest absolute Gasteiger partial charge is 0.459 e. The topological polar surface area (TPSA) is 102 Å². The number of hydrogen-bond acceptors (Lipinski definition) is 4. The Morgan fingerprint density at radius 2 is 1.56 bits per heavy atom. The average molecular weight is 362 g/mol. The van der Waals surface area contributed by atoms with Crippen LogP contribution in [0.3, 0.4) is 0 Å². The Kier molecular flexibility index (Phi) is 5.47. The van der Waals surface area contributed by atoms with Gasteiger partial charge < -0.3 is 15.5 Å². The quantitative estimate of drug-likeness (QED) is 0.630. The summed E-state index contributed by atoms with van der Waals surface area (Å²) in [5.41, 5.74) is 7.33. The standard InChI is InChI=1S/C21H18N2O4/c22-20(25)18(24)17(13-14-7-3-1-4-8-14)23-21(26)19-16(11-12-27-19)15-9-5-2-6-10-15/h1-12,17H,13H2,(H2,22,25)(H,23,26)/t17-/m0/s1. The molecule has 0 saturated heterocycles. The molecule has 0 aliphatic rings. The molecule has 27 heavy (non-hydrogen) atoms. The normalized spacial score (nSPS) is 11.6. The zero-order valence-electron chi connectivity index (χ0n) is 14.4. The van der Waals surface area contributed by atoms with Crippen LogP contribution in [-0.4, -0.2) is 23.6 Å². The molecule has 0 aliphatic heterocycles. The predicted octanol–water partition coefficient (Wildman–Crippen LogP) is 2.34. The highest BCUT2D eigenvalue weighted by atomic mass is 16.3. The molecule has 2 amide bonds. The number of Topliss-reactive ketones (excluding diaryl/α,β-unsaturated/α-hetero) is 1. The fourth-order valence-corrected chi connectivity index (χ4v) is 2.78. The van der Waals surface area contributed by atoms with Crippen LogP contribution < -0.4 is 11.1 Å². The summed E-state index contributed by atoms with van der Waals surface area (Å²) in [5.74, 6) is -2.48. The van der Waals surface area contributed by atoms with Crippen molar-refractivity contribution in [1.82, 2.24) is 5.32 Å². The van der Waals surface area contributed by atoms with Crippen LogP contribution in [0.4, 0.5) is 0 Å². The number of furan rings is 1. The summed E-state index contributed by atoms with van der Waals surface area (Å²) < 4.78 is 5.33. The van der Waals surface area contributed by atoms with Gasteiger partial charge in [0.1, 0.15) is 6.04 Å². The monoisotopic (exact) mass is 362 g/mol. The molecule has 136 valence electrons. The molecule has 6 nitrogen and oxygen atoms in total. The van der Waals surface area contributed by atoms with Gasteiger partial charge in [0.15, 0.2) is 5.76 Å². The van der Waals surface area contributed by atoms with Crippen molar-refractivity contribution >= 4 is 17.6 Å². The van der Waals surface area contributed by atoms with E-state index in [1.165, 1.54) is 6.26 Å². The molecule has 2 aromatic carbocycles. The highest BCUT2D eigenvalue weighted by molar-refractivity contribution is 6.38. The van der Waals surface area contributed by atoms with E-state index in [0.29, 0.717) is 5.56 Å². The third-order valence-corrected chi connectivity index (χ3v) is 4.10. The van der Waals surface area contributed by atoms with E-state index in [1.807, 2.05) is 48.5 Å². The van der Waals surface area contributed by atoms with E-state index in [1.54, 1.807) is 18.2 Å². The number of rotatable bonds is 7. The van der Waals surface area contributed by atoms with Crippen LogP contribution in [0.15, 0.2) is 77.4 Å². The van der Waals surface area contributed by atoms with Gasteiger partial charge in [-0.15, -0.1) is 0 Å². The first-order valence-corrected chi connectivity index (χ1v) is 8.37. The summed E-state index contributed by atoms with van der Waals surface area (Å²) in [6.45, 7) is 0. The first kappa shape index (κ1) is 18.1. The molecule has 0 radical (unpaired) electrons. The lowest BCUT2D eigenvalue weighted by Crippen LogP contribution is -2.47. The van der Waals surface area contributed by atoms with Gasteiger partial charge in [0.25, 0.3) is 11.8 Å². The number of carbonyl (C=O) groups excluding carboxylic acids is 3. The van der Waals surface area contributed by atoms with Crippen LogP contribution in [0.25, 0.3) is 11.1 Å². The molecule has 0 fully saturated rings. The molecule has 0 saturated carbocycles. The number of ketones is 1. The molecule has 3 aromatic rings. The minimum absolute atomic E-state index is 0.0662. The Hall–Kier alpha value is -3.67. The van der Waals surface area contributed by atoms with E-state index in [9.17, 15) is 14.4 Å². The number of amides is 2. The maximum atomic E-state index is 12.7. The molecular formula is C21H18N2O4. The van der Waals surface area contributed by atoms with E-state index in [4.69, 9.17) is 10.2 Å². The second kappa shape index (κ2) is 8.14. The van der Waals surface area contributed by atoms with E-state index in [-0.39, 0.29) is 12.2 Å². The van der Waals surface area contributed by atoms with Crippen LogP contribution in [0.5, 0.6) is 0 Å². The van der Waals surface area contributed by atoms with Crippen LogP contribution in [0.1, 0.15) is 16.1 Å². The van der Waals surface area contributed by atoms with Crippen molar-refractivity contribution in [3.63, 3.8) is 0 Å². The van der Waals surface area contributed by atoms with Crippen molar-refractivity contribution in [3.8, 4) is 11.1 Å². The lowest BCUT2D eigenvalue weighted by atomic mass is 10.0. The molecule has 3 rings (SSSR count). The average Bonchev–Trinajstić information content (AvgIpc) is 3.18. The van der Waals surface area contributed by atoms with Gasteiger partial charge in [-0.2, -0.15) is 0 Å². The van der Waals surface area contributed by atoms with Gasteiger partial charge in [-0.05, 0) is 17.2 Å². The minimum atomic E-state index is -1.10. The SMILES string of the molecule is NC(=O)C(=O)[C@H](Cc1ccccc1)NC(=O)c1occc1-c1ccccc1. The first-order valence-electron chi connectivity index (χ1n) is 8.37. The Morgan fingerprint density at radius 3 is 2.19 bits per heavy atom. The first-order chi connectivity index (χ1) is 13.1. The molecule has 1 heterocycles. The van der Waals surface area contributed by atoms with Crippen molar-refractivity contribution in [2.45, 2.75) is 12.5 Å². The third kappa shape index (κ3) is 4.30. The molecule has 6 heteroatoms. The fourth-order valence-electron chi connectivity index (χ4n) is 2.78. The fraction of sp³-hybridized carbons (Fsp3) is 0.0952. The van der Waals surface area contributed by atoms with Gasteiger partial charge in [0.05, 0.1) is 6.26 Å². The van der Waals surface area contributed by atoms with Crippen molar-refractivity contribution in [1.29, 1.82) is 0 Å². The zero-order chi connectivity index (χ0) is 19.2. The van der Waals surface area contributed by atoms with Gasteiger partial charge in [0.2, 0.25) is 5.78 Å². The summed E-state index contributed by atoms with van der Waals surface area (Å²) in [6, 6.07) is 18.9. The molecule has 0 unspecified atom stereocenters. The second-order valence-electron chi connectivity index (χ2n) is 5.97. The molecule has 0 spiro atoms. The Balaban J connectivity index is 1.84. The lowest BCUT2D eigenvalue weighted by molar-refractivity contribution is -0.137. The van der Waals surface area contributed by atoms with Crippen LogP contribution >= 0.6 is 0 Å². The molecular weight excluding hydrogens is 344 g/mol. The summed E-state index contributed by atoms with van der Waals surface area (Å²) in [5, 5.41) is 2.58. The third-order valence-electron chi connectivity index (χ3n) is 4.10. The zero-order valence-corrected chi connectivity index (χ0v) is 14.4. The summed E-state index contributed by atoms with van der Waals surface area (Å²) in [6.07, 6.45) is 1.55. The summed E-state index contributed by atoms with van der Waals surface area (Å²) in [4.78, 5) is 36.3. The number of nitrogens with one attached hydrogen (secondary N) is 1. The van der Waals surface area contributed by atoms with E-state index < -0.39 is 23.6 Å². The van der Waals surface area contributed by atoms with Crippen molar-refractivity contribution in [3.05, 3.63) is 84.3 Å². The van der Waals surface area contributed by atoms with Gasteiger partial charge in [0, 0.05) is 12.0 Å². The molecule has 3 N–H and O–H groups in total. The number of carbonyl (C=O) groups is 3. The summed E-state index contributed by atoms with van der Waals surface area (Å²) in [7, 11) is 0. The maximum absolute atomic E-state index is 12.7. The van der Waals surface area contributed by atoms with E-state index >= 15 is 0 Å². The van der Waals surface area contributed by atoms with Gasteiger partial charge in [-0.1, -0.05) is 60.7 Å². The van der Waals surface area contributed by atoms with Crippen molar-refractivity contribution in [2.75, 3.05) is 0 Å². The van der Waals surface area contributed by atoms with Gasteiger partial charge in [-0.3, -0.25) is 14.4 Å². The highest BCUT2D eigenvalue weighted by Crippen LogP contribution is 2.24. The Morgan fingerprint density at radius 1 is 0.926 bits per heavy atom. The number of benzene rings is 2. The summed E-state index contributed by atoms with van der Waals surface area (Å²) >= 11 is 0. The predicted molar refractivity (Wildman–Crippen MR) is 99.7 cm³/mol. The molecule has 1 atom stereocenters. The highest BCUT2D eigenvalue weighted by Gasteiger charge is 2.27.